The zero-order valence-corrected chi connectivity index (χ0v) is 12.5. The summed E-state index contributed by atoms with van der Waals surface area (Å²) in [5.41, 5.74) is 4.06. The molecule has 0 radical (unpaired) electrons. The molecule has 0 aliphatic heterocycles. The molecule has 0 amide bonds. The van der Waals surface area contributed by atoms with E-state index in [9.17, 15) is 5.11 Å². The minimum atomic E-state index is 0. The Morgan fingerprint density at radius 3 is 2.22 bits per heavy atom. The second-order valence-corrected chi connectivity index (χ2v) is 4.33. The average molecular weight is 244 g/mol. The van der Waals surface area contributed by atoms with Crippen molar-refractivity contribution >= 4 is 11.3 Å². The number of allylic oxidation sites excluding steroid dienone is 1. The van der Waals surface area contributed by atoms with Crippen LogP contribution in [0.3, 0.4) is 0 Å². The molecule has 0 saturated heterocycles. The molecule has 2 heteroatoms. The van der Waals surface area contributed by atoms with Gasteiger partial charge in [0.15, 0.2) is 0 Å². The molecule has 0 spiro atoms. The Balaban J connectivity index is 0.00000120. The second kappa shape index (κ2) is 5.75. The number of hydrogen-bond donors (Lipinski definition) is 0. The third-order valence-electron chi connectivity index (χ3n) is 3.30. The topological polar surface area (TPSA) is 23.1 Å². The molecule has 0 aromatic heterocycles. The molecule has 0 bridgehead atoms. The molecule has 0 unspecified atom stereocenters. The van der Waals surface area contributed by atoms with E-state index in [1.165, 1.54) is 5.56 Å². The average Bonchev–Trinajstić information content (AvgIpc) is 2.40. The van der Waals surface area contributed by atoms with Gasteiger partial charge in [0.25, 0.3) is 0 Å². The first kappa shape index (κ1) is 13.4. The van der Waals surface area contributed by atoms with Gasteiger partial charge in [-0.1, -0.05) is 60.4 Å². The van der Waals surface area contributed by atoms with Crippen molar-refractivity contribution in [2.24, 2.45) is 0 Å². The molecule has 0 heterocycles. The van der Waals surface area contributed by atoms with E-state index in [1.807, 2.05) is 48.5 Å². The van der Waals surface area contributed by atoms with Gasteiger partial charge in [-0.2, -0.15) is 0 Å². The molecule has 2 aromatic carbocycles. The van der Waals surface area contributed by atoms with Gasteiger partial charge < -0.3 is 5.11 Å². The van der Waals surface area contributed by atoms with Crippen LogP contribution in [0.15, 0.2) is 54.6 Å². The molecule has 0 saturated carbocycles. The van der Waals surface area contributed by atoms with Crippen molar-refractivity contribution in [3.8, 4) is 0 Å². The first-order chi connectivity index (χ1) is 8.36. The van der Waals surface area contributed by atoms with E-state index in [2.05, 4.69) is 6.07 Å². The Labute approximate surface area is 129 Å². The van der Waals surface area contributed by atoms with Crippen LogP contribution >= 0.6 is 0 Å². The van der Waals surface area contributed by atoms with Crippen molar-refractivity contribution in [3.05, 3.63) is 71.3 Å². The quantitative estimate of drug-likeness (QED) is 0.641. The smallest absolute Gasteiger partial charge is 0.872 e. The summed E-state index contributed by atoms with van der Waals surface area (Å²) in [6, 6.07) is 17.9. The Kier molecular flexibility index (Phi) is 4.28. The summed E-state index contributed by atoms with van der Waals surface area (Å²) in [7, 11) is 0. The van der Waals surface area contributed by atoms with Gasteiger partial charge in [-0.3, -0.25) is 0 Å². The van der Waals surface area contributed by atoms with Crippen LogP contribution in [0.4, 0.5) is 0 Å². The number of aryl methyl sites for hydroxylation is 1. The molecule has 1 aliphatic carbocycles. The fourth-order valence-electron chi connectivity index (χ4n) is 2.41. The molecule has 84 valence electrons. The number of rotatable bonds is 1. The molecule has 1 aliphatic rings. The molecule has 0 atom stereocenters. The predicted molar refractivity (Wildman–Crippen MR) is 68.0 cm³/mol. The molecule has 0 fully saturated rings. The Morgan fingerprint density at radius 2 is 1.44 bits per heavy atom. The molecular weight excluding hydrogens is 231 g/mol. The van der Waals surface area contributed by atoms with Gasteiger partial charge in [0, 0.05) is 0 Å². The van der Waals surface area contributed by atoms with Crippen LogP contribution in [0.1, 0.15) is 23.1 Å². The summed E-state index contributed by atoms with van der Waals surface area (Å²) >= 11 is 0. The van der Waals surface area contributed by atoms with E-state index in [0.29, 0.717) is 0 Å². The first-order valence-electron chi connectivity index (χ1n) is 5.90. The summed E-state index contributed by atoms with van der Waals surface area (Å²) in [5.74, 6) is 0.193. The fourth-order valence-corrected chi connectivity index (χ4v) is 2.41. The van der Waals surface area contributed by atoms with Crippen molar-refractivity contribution in [1.82, 2.24) is 0 Å². The maximum atomic E-state index is 12.4. The second-order valence-electron chi connectivity index (χ2n) is 4.33. The summed E-state index contributed by atoms with van der Waals surface area (Å²) in [6.45, 7) is 0. The maximum absolute atomic E-state index is 12.4. The van der Waals surface area contributed by atoms with E-state index >= 15 is 0 Å². The van der Waals surface area contributed by atoms with Crippen LogP contribution in [-0.4, -0.2) is 0 Å². The molecular formula is C16H13NaO. The van der Waals surface area contributed by atoms with Crippen molar-refractivity contribution in [2.75, 3.05) is 0 Å². The molecule has 18 heavy (non-hydrogen) atoms. The standard InChI is InChI=1S/C16H14O.Na/c17-16-14-9-5-4-8-13(14)10-11-15(16)12-6-2-1-3-7-12;/h1-9,17H,10-11H2;/q;+1/p-1. The summed E-state index contributed by atoms with van der Waals surface area (Å²) in [5, 5.41) is 12.4. The van der Waals surface area contributed by atoms with Gasteiger partial charge in [-0.15, -0.1) is 0 Å². The van der Waals surface area contributed by atoms with Crippen LogP contribution in [0.25, 0.3) is 11.3 Å². The van der Waals surface area contributed by atoms with E-state index in [0.717, 1.165) is 29.5 Å². The van der Waals surface area contributed by atoms with Crippen LogP contribution < -0.4 is 34.7 Å². The van der Waals surface area contributed by atoms with E-state index in [1.54, 1.807) is 0 Å². The Hall–Kier alpha value is -1.02. The van der Waals surface area contributed by atoms with Gasteiger partial charge in [-0.05, 0) is 35.1 Å². The minimum Gasteiger partial charge on any atom is -0.872 e. The summed E-state index contributed by atoms with van der Waals surface area (Å²) in [4.78, 5) is 0. The zero-order chi connectivity index (χ0) is 11.7. The van der Waals surface area contributed by atoms with E-state index in [-0.39, 0.29) is 35.3 Å². The molecule has 0 N–H and O–H groups in total. The van der Waals surface area contributed by atoms with E-state index in [4.69, 9.17) is 0 Å². The monoisotopic (exact) mass is 244 g/mol. The van der Waals surface area contributed by atoms with Gasteiger partial charge >= 0.3 is 29.6 Å². The van der Waals surface area contributed by atoms with Gasteiger partial charge in [0.2, 0.25) is 0 Å². The molecule has 1 nitrogen and oxygen atoms in total. The minimum absolute atomic E-state index is 0. The van der Waals surface area contributed by atoms with Crippen LogP contribution in [-0.2, 0) is 6.42 Å². The van der Waals surface area contributed by atoms with Crippen molar-refractivity contribution in [2.45, 2.75) is 12.8 Å². The normalized spacial score (nSPS) is 13.8. The van der Waals surface area contributed by atoms with Gasteiger partial charge in [0.05, 0.1) is 0 Å². The van der Waals surface area contributed by atoms with Crippen LogP contribution in [0, 0.1) is 0 Å². The predicted octanol–water partition coefficient (Wildman–Crippen LogP) is -0.135. The molecule has 3 rings (SSSR count). The van der Waals surface area contributed by atoms with Gasteiger partial charge in [-0.25, -0.2) is 0 Å². The number of fused-ring (bicyclic) bond motifs is 1. The zero-order valence-electron chi connectivity index (χ0n) is 10.5. The van der Waals surface area contributed by atoms with Gasteiger partial charge in [0.1, 0.15) is 0 Å². The van der Waals surface area contributed by atoms with Crippen molar-refractivity contribution in [1.29, 1.82) is 0 Å². The maximum Gasteiger partial charge on any atom is 1.00 e. The largest absolute Gasteiger partial charge is 1.00 e. The third kappa shape index (κ3) is 2.39. The van der Waals surface area contributed by atoms with Crippen LogP contribution in [0.2, 0.25) is 0 Å². The summed E-state index contributed by atoms with van der Waals surface area (Å²) < 4.78 is 0. The Morgan fingerprint density at radius 1 is 0.778 bits per heavy atom. The van der Waals surface area contributed by atoms with Crippen molar-refractivity contribution < 1.29 is 34.7 Å². The first-order valence-corrected chi connectivity index (χ1v) is 5.90. The summed E-state index contributed by atoms with van der Waals surface area (Å²) in [6.07, 6.45) is 1.81. The fraction of sp³-hybridized carbons (Fsp3) is 0.125. The van der Waals surface area contributed by atoms with Crippen LogP contribution in [0.5, 0.6) is 0 Å². The molecule has 2 aromatic rings. The SMILES string of the molecule is [Na+].[O-]C1=C(c2ccccc2)CCc2ccccc21. The number of benzene rings is 2. The Bertz CT molecular complexity index is 573. The third-order valence-corrected chi connectivity index (χ3v) is 3.30. The number of hydrogen-bond acceptors (Lipinski definition) is 1. The van der Waals surface area contributed by atoms with E-state index < -0.39 is 0 Å². The van der Waals surface area contributed by atoms with Crippen molar-refractivity contribution in [3.63, 3.8) is 0 Å².